The van der Waals surface area contributed by atoms with Gasteiger partial charge in [-0.3, -0.25) is 4.79 Å². The minimum Gasteiger partial charge on any atom is -0.481 e. The van der Waals surface area contributed by atoms with E-state index in [2.05, 4.69) is 4.98 Å². The third kappa shape index (κ3) is 3.51. The van der Waals surface area contributed by atoms with Crippen molar-refractivity contribution in [3.05, 3.63) is 39.4 Å². The van der Waals surface area contributed by atoms with Crippen molar-refractivity contribution < 1.29 is 9.90 Å². The normalized spacial score (nSPS) is 10.2. The van der Waals surface area contributed by atoms with Crippen LogP contribution in [-0.4, -0.2) is 16.1 Å². The Morgan fingerprint density at radius 3 is 2.95 bits per heavy atom. The van der Waals surface area contributed by atoms with Gasteiger partial charge in [-0.05, 0) is 25.1 Å². The van der Waals surface area contributed by atoms with Crippen LogP contribution in [0.3, 0.4) is 0 Å². The number of aliphatic carboxylic acids is 1. The smallest absolute Gasteiger partial charge is 0.308 e. The van der Waals surface area contributed by atoms with Gasteiger partial charge >= 0.3 is 5.97 Å². The van der Waals surface area contributed by atoms with Crippen LogP contribution in [0.5, 0.6) is 0 Å². The maximum absolute atomic E-state index is 10.7. The minimum absolute atomic E-state index is 0.0227. The molecule has 0 unspecified atom stereocenters. The van der Waals surface area contributed by atoms with Crippen molar-refractivity contribution in [1.29, 1.82) is 5.26 Å². The number of halogens is 1. The Morgan fingerprint density at radius 2 is 2.35 bits per heavy atom. The molecule has 0 aliphatic rings. The molecule has 0 radical (unpaired) electrons. The molecular weight excluding hydrogens is 316 g/mol. The number of nitriles is 1. The molecule has 1 heterocycles. The van der Waals surface area contributed by atoms with Gasteiger partial charge < -0.3 is 5.11 Å². The Hall–Kier alpha value is -1.55. The molecule has 1 N–H and O–H groups in total. The van der Waals surface area contributed by atoms with Crippen LogP contribution >= 0.6 is 34.7 Å². The molecule has 2 rings (SSSR count). The number of nitrogens with zero attached hydrogens (tertiary/aromatic N) is 2. The molecule has 0 saturated heterocycles. The molecule has 20 heavy (non-hydrogen) atoms. The summed E-state index contributed by atoms with van der Waals surface area (Å²) in [5.74, 6) is -0.871. The number of hydrogen-bond donors (Lipinski definition) is 1. The maximum Gasteiger partial charge on any atom is 0.308 e. The molecule has 1 aromatic heterocycles. The summed E-state index contributed by atoms with van der Waals surface area (Å²) in [6, 6.07) is 7.07. The highest BCUT2D eigenvalue weighted by molar-refractivity contribution is 8.01. The standard InChI is InChI=1S/C13H9ClN2O2S2/c1-7-11(5-12(17)18)20-13(16-7)19-10-3-2-8(6-15)4-9(10)14/h2-4H,5H2,1H3,(H,17,18). The first-order valence-electron chi connectivity index (χ1n) is 5.55. The van der Waals surface area contributed by atoms with E-state index in [4.69, 9.17) is 22.0 Å². The van der Waals surface area contributed by atoms with Gasteiger partial charge in [0.15, 0.2) is 4.34 Å². The molecule has 1 aromatic carbocycles. The molecule has 2 aromatic rings. The lowest BCUT2D eigenvalue weighted by Gasteiger charge is -2.01. The topological polar surface area (TPSA) is 74.0 Å². The van der Waals surface area contributed by atoms with Crippen molar-refractivity contribution in [3.63, 3.8) is 0 Å². The van der Waals surface area contributed by atoms with Crippen LogP contribution in [0, 0.1) is 18.3 Å². The zero-order valence-corrected chi connectivity index (χ0v) is 12.8. The summed E-state index contributed by atoms with van der Waals surface area (Å²) in [6.07, 6.45) is -0.0227. The average Bonchev–Trinajstić information content (AvgIpc) is 2.71. The van der Waals surface area contributed by atoms with E-state index < -0.39 is 5.97 Å². The predicted octanol–water partition coefficient (Wildman–Crippen LogP) is 3.75. The van der Waals surface area contributed by atoms with Crippen molar-refractivity contribution >= 4 is 40.7 Å². The number of carboxylic acids is 1. The number of carbonyl (C=O) groups is 1. The van der Waals surface area contributed by atoms with Crippen molar-refractivity contribution in [1.82, 2.24) is 4.98 Å². The highest BCUT2D eigenvalue weighted by Crippen LogP contribution is 2.37. The van der Waals surface area contributed by atoms with Gasteiger partial charge in [0, 0.05) is 9.77 Å². The first-order valence-corrected chi connectivity index (χ1v) is 7.56. The van der Waals surface area contributed by atoms with Crippen LogP contribution in [0.15, 0.2) is 27.4 Å². The number of rotatable bonds is 4. The molecule has 0 atom stereocenters. The molecule has 0 aliphatic carbocycles. The quantitative estimate of drug-likeness (QED) is 0.927. The van der Waals surface area contributed by atoms with Crippen LogP contribution in [-0.2, 0) is 11.2 Å². The molecule has 0 fully saturated rings. The first kappa shape index (κ1) is 14.9. The van der Waals surface area contributed by atoms with Crippen molar-refractivity contribution in [2.24, 2.45) is 0 Å². The summed E-state index contributed by atoms with van der Waals surface area (Å²) in [5.41, 5.74) is 1.23. The summed E-state index contributed by atoms with van der Waals surface area (Å²) in [6.45, 7) is 1.79. The second-order valence-corrected chi connectivity index (χ2v) is 6.70. The fourth-order valence-corrected chi connectivity index (χ4v) is 3.97. The lowest BCUT2D eigenvalue weighted by Crippen LogP contribution is -1.99. The summed E-state index contributed by atoms with van der Waals surface area (Å²) in [5, 5.41) is 18.1. The van der Waals surface area contributed by atoms with Crippen molar-refractivity contribution in [2.45, 2.75) is 22.6 Å². The summed E-state index contributed by atoms with van der Waals surface area (Å²) >= 11 is 8.82. The molecule has 0 amide bonds. The van der Waals surface area contributed by atoms with Gasteiger partial charge in [-0.25, -0.2) is 4.98 Å². The van der Waals surface area contributed by atoms with Crippen molar-refractivity contribution in [2.75, 3.05) is 0 Å². The van der Waals surface area contributed by atoms with Gasteiger partial charge in [0.05, 0.1) is 28.8 Å². The number of aryl methyl sites for hydroxylation is 1. The van der Waals surface area contributed by atoms with E-state index in [-0.39, 0.29) is 6.42 Å². The van der Waals surface area contributed by atoms with E-state index in [0.717, 1.165) is 19.8 Å². The fraction of sp³-hybridized carbons (Fsp3) is 0.154. The molecule has 7 heteroatoms. The molecule has 0 aliphatic heterocycles. The van der Waals surface area contributed by atoms with E-state index in [1.807, 2.05) is 6.07 Å². The second kappa shape index (κ2) is 6.27. The average molecular weight is 325 g/mol. The zero-order valence-electron chi connectivity index (χ0n) is 10.4. The third-order valence-electron chi connectivity index (χ3n) is 2.44. The Balaban J connectivity index is 2.22. The van der Waals surface area contributed by atoms with Gasteiger partial charge in [0.25, 0.3) is 0 Å². The summed E-state index contributed by atoms with van der Waals surface area (Å²) in [7, 11) is 0. The Kier molecular flexibility index (Phi) is 4.65. The highest BCUT2D eigenvalue weighted by atomic mass is 35.5. The van der Waals surface area contributed by atoms with Gasteiger partial charge in [0.1, 0.15) is 0 Å². The Morgan fingerprint density at radius 1 is 1.60 bits per heavy atom. The van der Waals surface area contributed by atoms with E-state index in [0.29, 0.717) is 10.6 Å². The number of hydrogen-bond acceptors (Lipinski definition) is 5. The van der Waals surface area contributed by atoms with Crippen LogP contribution in [0.25, 0.3) is 0 Å². The molecular formula is C13H9ClN2O2S2. The molecule has 0 spiro atoms. The van der Waals surface area contributed by atoms with Crippen molar-refractivity contribution in [3.8, 4) is 6.07 Å². The Labute approximate surface area is 129 Å². The van der Waals surface area contributed by atoms with Gasteiger partial charge in [-0.15, -0.1) is 11.3 Å². The highest BCUT2D eigenvalue weighted by Gasteiger charge is 2.13. The lowest BCUT2D eigenvalue weighted by molar-refractivity contribution is -0.136. The van der Waals surface area contributed by atoms with Crippen LogP contribution < -0.4 is 0 Å². The third-order valence-corrected chi connectivity index (χ3v) is 5.16. The first-order chi connectivity index (χ1) is 9.49. The fourth-order valence-electron chi connectivity index (χ4n) is 1.49. The maximum atomic E-state index is 10.7. The summed E-state index contributed by atoms with van der Waals surface area (Å²) < 4.78 is 0.741. The van der Waals surface area contributed by atoms with E-state index >= 15 is 0 Å². The molecule has 102 valence electrons. The summed E-state index contributed by atoms with van der Waals surface area (Å²) in [4.78, 5) is 16.6. The van der Waals surface area contributed by atoms with Crippen LogP contribution in [0.1, 0.15) is 16.1 Å². The van der Waals surface area contributed by atoms with Gasteiger partial charge in [0.2, 0.25) is 0 Å². The predicted molar refractivity (Wildman–Crippen MR) is 78.5 cm³/mol. The lowest BCUT2D eigenvalue weighted by atomic mass is 10.2. The number of thiazole rings is 1. The number of carboxylic acid groups (broad SMARTS) is 1. The second-order valence-electron chi connectivity index (χ2n) is 3.92. The van der Waals surface area contributed by atoms with E-state index in [1.165, 1.54) is 23.1 Å². The van der Waals surface area contributed by atoms with E-state index in [1.54, 1.807) is 25.1 Å². The number of benzene rings is 1. The van der Waals surface area contributed by atoms with Gasteiger partial charge in [-0.2, -0.15) is 5.26 Å². The minimum atomic E-state index is -0.871. The molecule has 0 saturated carbocycles. The van der Waals surface area contributed by atoms with Crippen LogP contribution in [0.4, 0.5) is 0 Å². The van der Waals surface area contributed by atoms with Gasteiger partial charge in [-0.1, -0.05) is 23.4 Å². The largest absolute Gasteiger partial charge is 0.481 e. The van der Waals surface area contributed by atoms with Crippen LogP contribution in [0.2, 0.25) is 5.02 Å². The monoisotopic (exact) mass is 324 g/mol. The zero-order chi connectivity index (χ0) is 14.7. The Bertz CT molecular complexity index is 707. The van der Waals surface area contributed by atoms with E-state index in [9.17, 15) is 4.79 Å². The SMILES string of the molecule is Cc1nc(Sc2ccc(C#N)cc2Cl)sc1CC(=O)O. The molecule has 4 nitrogen and oxygen atoms in total. The number of aromatic nitrogens is 1. The molecule has 0 bridgehead atoms.